The standard InChI is InChI=1S/C31H37NO2/c33-29(34)27-2-1-26-12-28(4-3-25(26)11-27)32(30-13-19-5-20(14-30)7-21(6-19)15-30)31-16-22-8-23(17-31)10-24(9-22)18-31/h1-4,11-12,19-24H,5-10,13-18H2,(H,33,34). The van der Waals surface area contributed by atoms with Crippen LogP contribution in [-0.2, 0) is 0 Å². The molecular weight excluding hydrogens is 418 g/mol. The number of carbonyl (C=O) groups is 1. The summed E-state index contributed by atoms with van der Waals surface area (Å²) in [6, 6.07) is 12.7. The van der Waals surface area contributed by atoms with Crippen molar-refractivity contribution in [1.82, 2.24) is 0 Å². The lowest BCUT2D eigenvalue weighted by atomic mass is 9.48. The Labute approximate surface area is 202 Å². The molecule has 8 aliphatic carbocycles. The number of carboxylic acid groups (broad SMARTS) is 1. The van der Waals surface area contributed by atoms with Gasteiger partial charge in [0.1, 0.15) is 0 Å². The highest BCUT2D eigenvalue weighted by Gasteiger charge is 2.61. The Morgan fingerprint density at radius 1 is 0.647 bits per heavy atom. The van der Waals surface area contributed by atoms with E-state index < -0.39 is 5.97 Å². The molecular formula is C31H37NO2. The first-order valence-electron chi connectivity index (χ1n) is 14.0. The molecule has 1 N–H and O–H groups in total. The van der Waals surface area contributed by atoms with E-state index in [0.29, 0.717) is 16.6 Å². The molecule has 0 heterocycles. The topological polar surface area (TPSA) is 40.5 Å². The van der Waals surface area contributed by atoms with E-state index in [4.69, 9.17) is 0 Å². The van der Waals surface area contributed by atoms with Gasteiger partial charge in [-0.2, -0.15) is 0 Å². The molecule has 0 spiro atoms. The third-order valence-electron chi connectivity index (χ3n) is 11.3. The van der Waals surface area contributed by atoms with Crippen LogP contribution in [0, 0.1) is 35.5 Å². The maximum absolute atomic E-state index is 11.5. The fourth-order valence-corrected chi connectivity index (χ4v) is 11.2. The minimum Gasteiger partial charge on any atom is -0.478 e. The fourth-order valence-electron chi connectivity index (χ4n) is 11.2. The molecule has 8 aliphatic rings. The maximum atomic E-state index is 11.5. The number of fused-ring (bicyclic) bond motifs is 1. The van der Waals surface area contributed by atoms with Crippen molar-refractivity contribution in [2.75, 3.05) is 4.90 Å². The highest BCUT2D eigenvalue weighted by molar-refractivity contribution is 5.95. The smallest absolute Gasteiger partial charge is 0.335 e. The normalized spacial score (nSPS) is 43.5. The predicted octanol–water partition coefficient (Wildman–Crippen LogP) is 7.28. The average molecular weight is 456 g/mol. The van der Waals surface area contributed by atoms with Crippen molar-refractivity contribution in [3.05, 3.63) is 42.0 Å². The zero-order valence-electron chi connectivity index (χ0n) is 20.2. The van der Waals surface area contributed by atoms with Crippen LogP contribution in [0.15, 0.2) is 36.4 Å². The van der Waals surface area contributed by atoms with E-state index in [0.717, 1.165) is 40.9 Å². The summed E-state index contributed by atoms with van der Waals surface area (Å²) in [6.45, 7) is 0. The fraction of sp³-hybridized carbons (Fsp3) is 0.645. The summed E-state index contributed by atoms with van der Waals surface area (Å²) < 4.78 is 0. The van der Waals surface area contributed by atoms with E-state index >= 15 is 0 Å². The van der Waals surface area contributed by atoms with Crippen LogP contribution in [-0.4, -0.2) is 22.2 Å². The van der Waals surface area contributed by atoms with Gasteiger partial charge in [0.15, 0.2) is 0 Å². The van der Waals surface area contributed by atoms with E-state index in [-0.39, 0.29) is 0 Å². The SMILES string of the molecule is O=C(O)c1ccc2cc(N(C34CC5CC(CC(C5)C3)C4)C34CC5CC(CC(C5)C3)C4)ccc2c1. The molecule has 0 radical (unpaired) electrons. The van der Waals surface area contributed by atoms with Gasteiger partial charge in [0.25, 0.3) is 0 Å². The summed E-state index contributed by atoms with van der Waals surface area (Å²) in [5.74, 6) is 4.84. The minimum absolute atomic E-state index is 0.356. The summed E-state index contributed by atoms with van der Waals surface area (Å²) in [4.78, 5) is 14.6. The summed E-state index contributed by atoms with van der Waals surface area (Å²) in [5.41, 5.74) is 2.54. The van der Waals surface area contributed by atoms with Gasteiger partial charge >= 0.3 is 5.97 Å². The van der Waals surface area contributed by atoms with Gasteiger partial charge in [0.2, 0.25) is 0 Å². The lowest BCUT2D eigenvalue weighted by Crippen LogP contribution is -2.70. The summed E-state index contributed by atoms with van der Waals surface area (Å²) in [5, 5.41) is 11.7. The molecule has 178 valence electrons. The first kappa shape index (κ1) is 20.2. The van der Waals surface area contributed by atoms with Crippen molar-refractivity contribution in [3.63, 3.8) is 0 Å². The minimum atomic E-state index is -0.838. The Morgan fingerprint density at radius 2 is 1.06 bits per heavy atom. The molecule has 10 rings (SSSR count). The Morgan fingerprint density at radius 3 is 1.50 bits per heavy atom. The number of nitrogens with zero attached hydrogens (tertiary/aromatic N) is 1. The third-order valence-corrected chi connectivity index (χ3v) is 11.3. The lowest BCUT2D eigenvalue weighted by Gasteiger charge is -2.69. The maximum Gasteiger partial charge on any atom is 0.335 e. The van der Waals surface area contributed by atoms with Crippen molar-refractivity contribution in [1.29, 1.82) is 0 Å². The van der Waals surface area contributed by atoms with Crippen LogP contribution in [0.5, 0.6) is 0 Å². The Kier molecular flexibility index (Phi) is 4.04. The second kappa shape index (κ2) is 6.80. The number of rotatable bonds is 4. The van der Waals surface area contributed by atoms with Crippen LogP contribution >= 0.6 is 0 Å². The second-order valence-corrected chi connectivity index (χ2v) is 13.7. The predicted molar refractivity (Wildman–Crippen MR) is 135 cm³/mol. The molecule has 3 heteroatoms. The number of carboxylic acids is 1. The largest absolute Gasteiger partial charge is 0.478 e. The molecule has 8 saturated carbocycles. The van der Waals surface area contributed by atoms with E-state index in [1.807, 2.05) is 12.1 Å². The van der Waals surface area contributed by atoms with E-state index in [9.17, 15) is 9.90 Å². The second-order valence-electron chi connectivity index (χ2n) is 13.7. The van der Waals surface area contributed by atoms with E-state index in [2.05, 4.69) is 23.1 Å². The van der Waals surface area contributed by atoms with Gasteiger partial charge in [-0.05, 0) is 148 Å². The van der Waals surface area contributed by atoms with Crippen molar-refractivity contribution >= 4 is 22.4 Å². The monoisotopic (exact) mass is 455 g/mol. The van der Waals surface area contributed by atoms with E-state index in [1.165, 1.54) is 88.1 Å². The van der Waals surface area contributed by atoms with Crippen LogP contribution in [0.1, 0.15) is 87.4 Å². The number of hydrogen-bond donors (Lipinski definition) is 1. The molecule has 0 aromatic heterocycles. The van der Waals surface area contributed by atoms with E-state index in [1.54, 1.807) is 6.07 Å². The molecule has 0 aliphatic heterocycles. The van der Waals surface area contributed by atoms with Gasteiger partial charge in [-0.1, -0.05) is 12.1 Å². The molecule has 0 amide bonds. The molecule has 2 aromatic rings. The van der Waals surface area contributed by atoms with Gasteiger partial charge in [-0.25, -0.2) is 4.79 Å². The van der Waals surface area contributed by atoms with Crippen LogP contribution in [0.3, 0.4) is 0 Å². The lowest BCUT2D eigenvalue weighted by molar-refractivity contribution is -0.0558. The molecule has 34 heavy (non-hydrogen) atoms. The Balaban J connectivity index is 1.28. The highest BCUT2D eigenvalue weighted by atomic mass is 16.4. The van der Waals surface area contributed by atoms with Gasteiger partial charge in [0, 0.05) is 16.8 Å². The number of hydrogen-bond acceptors (Lipinski definition) is 2. The highest BCUT2D eigenvalue weighted by Crippen LogP contribution is 2.65. The Bertz CT molecular complexity index is 1070. The molecule has 8 fully saturated rings. The van der Waals surface area contributed by atoms with Crippen molar-refractivity contribution in [2.24, 2.45) is 35.5 Å². The van der Waals surface area contributed by atoms with Gasteiger partial charge in [-0.3, -0.25) is 0 Å². The zero-order chi connectivity index (χ0) is 22.7. The quantitative estimate of drug-likeness (QED) is 0.526. The number of anilines is 1. The first-order chi connectivity index (χ1) is 16.5. The zero-order valence-corrected chi connectivity index (χ0v) is 20.2. The van der Waals surface area contributed by atoms with Crippen molar-refractivity contribution in [2.45, 2.75) is 88.1 Å². The molecule has 2 aromatic carbocycles. The van der Waals surface area contributed by atoms with Crippen molar-refractivity contribution in [3.8, 4) is 0 Å². The summed E-state index contributed by atoms with van der Waals surface area (Å²) >= 11 is 0. The van der Waals surface area contributed by atoms with Gasteiger partial charge in [0.05, 0.1) is 5.56 Å². The summed E-state index contributed by atoms with van der Waals surface area (Å²) in [6.07, 6.45) is 17.4. The molecule has 0 saturated heterocycles. The van der Waals surface area contributed by atoms with Crippen LogP contribution in [0.2, 0.25) is 0 Å². The van der Waals surface area contributed by atoms with Crippen LogP contribution < -0.4 is 4.90 Å². The molecule has 8 bridgehead atoms. The number of benzene rings is 2. The van der Waals surface area contributed by atoms with Crippen molar-refractivity contribution < 1.29 is 9.90 Å². The first-order valence-corrected chi connectivity index (χ1v) is 14.0. The molecule has 0 unspecified atom stereocenters. The van der Waals surface area contributed by atoms with Gasteiger partial charge in [-0.15, -0.1) is 0 Å². The summed E-state index contributed by atoms with van der Waals surface area (Å²) in [7, 11) is 0. The molecule has 0 atom stereocenters. The molecule has 3 nitrogen and oxygen atoms in total. The van der Waals surface area contributed by atoms with Gasteiger partial charge < -0.3 is 10.0 Å². The Hall–Kier alpha value is -2.03. The average Bonchev–Trinajstić information content (AvgIpc) is 2.76. The van der Waals surface area contributed by atoms with Crippen LogP contribution in [0.4, 0.5) is 5.69 Å². The third kappa shape index (κ3) is 2.85. The van der Waals surface area contributed by atoms with Crippen LogP contribution in [0.25, 0.3) is 10.8 Å². The number of aromatic carboxylic acids is 1.